The van der Waals surface area contributed by atoms with E-state index < -0.39 is 4.92 Å². The van der Waals surface area contributed by atoms with E-state index in [0.29, 0.717) is 28.3 Å². The molecular weight excluding hydrogens is 575 g/mol. The number of nitro groups is 1. The van der Waals surface area contributed by atoms with Crippen molar-refractivity contribution in [1.82, 2.24) is 9.78 Å². The Kier molecular flexibility index (Phi) is 6.71. The molecule has 4 fully saturated rings. The lowest BCUT2D eigenvalue weighted by molar-refractivity contribution is -0.384. The van der Waals surface area contributed by atoms with Crippen LogP contribution in [0.4, 0.5) is 11.4 Å². The highest BCUT2D eigenvalue weighted by molar-refractivity contribution is 6.35. The van der Waals surface area contributed by atoms with Crippen molar-refractivity contribution in [2.24, 2.45) is 17.8 Å². The SMILES string of the molecule is O=C(Nc1cc(Oc2ccc(Cl)cc2Cl)cc([N+](=O)[O-])c1)c1cn(-c2ccccc2)nc1C12CC3CC(CC(C3)C1)C2. The van der Waals surface area contributed by atoms with E-state index in [-0.39, 0.29) is 39.2 Å². The van der Waals surface area contributed by atoms with Crippen LogP contribution in [0.2, 0.25) is 10.0 Å². The summed E-state index contributed by atoms with van der Waals surface area (Å²) in [6.07, 6.45) is 8.74. The zero-order valence-corrected chi connectivity index (χ0v) is 24.1. The maximum atomic E-state index is 14.0. The van der Waals surface area contributed by atoms with Gasteiger partial charge in [-0.3, -0.25) is 14.9 Å². The van der Waals surface area contributed by atoms with Gasteiger partial charge in [0, 0.05) is 28.8 Å². The average molecular weight is 604 g/mol. The molecule has 3 aromatic carbocycles. The summed E-state index contributed by atoms with van der Waals surface area (Å²) in [6, 6.07) is 18.6. The number of nitro benzene ring substituents is 1. The van der Waals surface area contributed by atoms with E-state index in [1.54, 1.807) is 29.1 Å². The number of amides is 1. The fourth-order valence-corrected chi connectivity index (χ4v) is 8.20. The second-order valence-electron chi connectivity index (χ2n) is 12.0. The summed E-state index contributed by atoms with van der Waals surface area (Å²) in [5, 5.41) is 20.4. The van der Waals surface area contributed by atoms with Gasteiger partial charge >= 0.3 is 0 Å². The minimum absolute atomic E-state index is 0.135. The van der Waals surface area contributed by atoms with Crippen LogP contribution in [0.5, 0.6) is 11.5 Å². The van der Waals surface area contributed by atoms with Gasteiger partial charge in [0.15, 0.2) is 0 Å². The number of aromatic nitrogens is 2. The molecule has 214 valence electrons. The Morgan fingerprint density at radius 2 is 1.67 bits per heavy atom. The summed E-state index contributed by atoms with van der Waals surface area (Å²) in [4.78, 5) is 25.3. The molecule has 0 unspecified atom stereocenters. The number of benzene rings is 3. The predicted molar refractivity (Wildman–Crippen MR) is 161 cm³/mol. The normalized spacial score (nSPS) is 24.0. The molecule has 1 N–H and O–H groups in total. The number of para-hydroxylation sites is 1. The van der Waals surface area contributed by atoms with E-state index in [2.05, 4.69) is 5.32 Å². The Labute approximate surface area is 252 Å². The smallest absolute Gasteiger partial charge is 0.275 e. The van der Waals surface area contributed by atoms with Crippen LogP contribution >= 0.6 is 23.2 Å². The first kappa shape index (κ1) is 27.0. The summed E-state index contributed by atoms with van der Waals surface area (Å²) in [7, 11) is 0. The van der Waals surface area contributed by atoms with E-state index in [1.807, 2.05) is 30.3 Å². The van der Waals surface area contributed by atoms with Gasteiger partial charge in [-0.05, 0) is 86.6 Å². The number of anilines is 1. The number of carbonyl (C=O) groups is 1. The highest BCUT2D eigenvalue weighted by Gasteiger charge is 2.54. The van der Waals surface area contributed by atoms with Gasteiger partial charge in [-0.1, -0.05) is 41.4 Å². The van der Waals surface area contributed by atoms with Crippen molar-refractivity contribution in [3.63, 3.8) is 0 Å². The number of nitrogens with one attached hydrogen (secondary N) is 1. The van der Waals surface area contributed by atoms with E-state index in [9.17, 15) is 14.9 Å². The van der Waals surface area contributed by atoms with Gasteiger partial charge in [0.2, 0.25) is 0 Å². The molecule has 42 heavy (non-hydrogen) atoms. The Morgan fingerprint density at radius 3 is 2.31 bits per heavy atom. The van der Waals surface area contributed by atoms with Crippen molar-refractivity contribution in [1.29, 1.82) is 0 Å². The van der Waals surface area contributed by atoms with Crippen LogP contribution in [-0.4, -0.2) is 20.6 Å². The number of non-ortho nitro benzene ring substituents is 1. The van der Waals surface area contributed by atoms with Crippen molar-refractivity contribution in [3.8, 4) is 17.2 Å². The third-order valence-electron chi connectivity index (χ3n) is 9.00. The highest BCUT2D eigenvalue weighted by Crippen LogP contribution is 2.61. The fraction of sp³-hybridized carbons (Fsp3) is 0.312. The second kappa shape index (κ2) is 10.4. The third kappa shape index (κ3) is 5.03. The van der Waals surface area contributed by atoms with E-state index in [0.717, 1.165) is 30.6 Å². The molecule has 0 saturated heterocycles. The van der Waals surface area contributed by atoms with Gasteiger partial charge in [0.05, 0.1) is 38.6 Å². The number of hydrogen-bond acceptors (Lipinski definition) is 5. The molecule has 4 bridgehead atoms. The molecule has 0 spiro atoms. The van der Waals surface area contributed by atoms with Gasteiger partial charge in [0.1, 0.15) is 11.5 Å². The third-order valence-corrected chi connectivity index (χ3v) is 9.53. The maximum absolute atomic E-state index is 14.0. The summed E-state index contributed by atoms with van der Waals surface area (Å²) in [5.74, 6) is 2.09. The van der Waals surface area contributed by atoms with Crippen LogP contribution in [0.1, 0.15) is 54.6 Å². The first-order chi connectivity index (χ1) is 20.2. The Morgan fingerprint density at radius 1 is 0.976 bits per heavy atom. The second-order valence-corrected chi connectivity index (χ2v) is 12.8. The lowest BCUT2D eigenvalue weighted by Crippen LogP contribution is -2.49. The molecular formula is C32H28Cl2N4O4. The van der Waals surface area contributed by atoms with Gasteiger partial charge in [-0.15, -0.1) is 0 Å². The van der Waals surface area contributed by atoms with Crippen LogP contribution in [0.25, 0.3) is 5.69 Å². The number of ether oxygens (including phenoxy) is 1. The quantitative estimate of drug-likeness (QED) is 0.168. The molecule has 8 nitrogen and oxygen atoms in total. The average Bonchev–Trinajstić information content (AvgIpc) is 3.41. The van der Waals surface area contributed by atoms with Crippen molar-refractivity contribution in [2.75, 3.05) is 5.32 Å². The molecule has 0 atom stereocenters. The Hall–Kier alpha value is -3.88. The molecule has 10 heteroatoms. The van der Waals surface area contributed by atoms with E-state index >= 15 is 0 Å². The zero-order chi connectivity index (χ0) is 29.0. The number of halogens is 2. The van der Waals surface area contributed by atoms with Crippen molar-refractivity contribution in [2.45, 2.75) is 43.9 Å². The molecule has 4 aliphatic rings. The topological polar surface area (TPSA) is 99.3 Å². The monoisotopic (exact) mass is 602 g/mol. The number of carbonyl (C=O) groups excluding carboxylic acids is 1. The Balaban J connectivity index is 1.25. The maximum Gasteiger partial charge on any atom is 0.275 e. The molecule has 1 amide bonds. The summed E-state index contributed by atoms with van der Waals surface area (Å²) >= 11 is 12.3. The van der Waals surface area contributed by atoms with Crippen LogP contribution < -0.4 is 10.1 Å². The van der Waals surface area contributed by atoms with Crippen LogP contribution in [0, 0.1) is 27.9 Å². The molecule has 1 heterocycles. The number of rotatable bonds is 7. The minimum Gasteiger partial charge on any atom is -0.455 e. The molecule has 4 aromatic rings. The van der Waals surface area contributed by atoms with E-state index in [4.69, 9.17) is 33.0 Å². The summed E-state index contributed by atoms with van der Waals surface area (Å²) in [6.45, 7) is 0. The summed E-state index contributed by atoms with van der Waals surface area (Å²) < 4.78 is 7.66. The lowest BCUT2D eigenvalue weighted by Gasteiger charge is -2.56. The van der Waals surface area contributed by atoms with Gasteiger partial charge in [-0.25, -0.2) is 4.68 Å². The van der Waals surface area contributed by atoms with Gasteiger partial charge in [-0.2, -0.15) is 5.10 Å². The van der Waals surface area contributed by atoms with Gasteiger partial charge < -0.3 is 10.1 Å². The first-order valence-corrected chi connectivity index (χ1v) is 14.9. The zero-order valence-electron chi connectivity index (χ0n) is 22.6. The molecule has 0 aliphatic heterocycles. The van der Waals surface area contributed by atoms with Crippen molar-refractivity contribution >= 4 is 40.5 Å². The molecule has 1 aromatic heterocycles. The molecule has 4 aliphatic carbocycles. The van der Waals surface area contributed by atoms with Crippen molar-refractivity contribution in [3.05, 3.63) is 104 Å². The molecule has 8 rings (SSSR count). The van der Waals surface area contributed by atoms with Gasteiger partial charge in [0.25, 0.3) is 11.6 Å². The molecule has 4 saturated carbocycles. The predicted octanol–water partition coefficient (Wildman–Crippen LogP) is 8.60. The highest BCUT2D eigenvalue weighted by atomic mass is 35.5. The van der Waals surface area contributed by atoms with Crippen LogP contribution in [0.15, 0.2) is 72.9 Å². The largest absolute Gasteiger partial charge is 0.455 e. The molecule has 0 radical (unpaired) electrons. The Bertz CT molecular complexity index is 1670. The van der Waals surface area contributed by atoms with Crippen molar-refractivity contribution < 1.29 is 14.5 Å². The van der Waals surface area contributed by atoms with Crippen LogP contribution in [0.3, 0.4) is 0 Å². The minimum atomic E-state index is -0.527. The lowest BCUT2D eigenvalue weighted by atomic mass is 9.48. The number of nitrogens with zero attached hydrogens (tertiary/aromatic N) is 3. The number of hydrogen-bond donors (Lipinski definition) is 1. The first-order valence-electron chi connectivity index (χ1n) is 14.1. The fourth-order valence-electron chi connectivity index (χ4n) is 7.75. The van der Waals surface area contributed by atoms with Crippen LogP contribution in [-0.2, 0) is 5.41 Å². The summed E-state index contributed by atoms with van der Waals surface area (Å²) in [5.41, 5.74) is 2.07. The van der Waals surface area contributed by atoms with E-state index in [1.165, 1.54) is 37.5 Å². The standard InChI is InChI=1S/C32H28Cl2N4O4/c33-22-6-7-29(28(34)11-22)42-26-13-23(12-25(14-26)38(40)41)35-31(39)27-18-37(24-4-2-1-3-5-24)36-30(27)32-15-19-8-20(16-32)10-21(9-19)17-32/h1-7,11-14,18-21H,8-10,15-17H2,(H,35,39).